The van der Waals surface area contributed by atoms with Gasteiger partial charge in [0.1, 0.15) is 11.4 Å². The van der Waals surface area contributed by atoms with E-state index in [1.165, 1.54) is 0 Å². The Labute approximate surface area is 172 Å². The maximum absolute atomic E-state index is 13.0. The summed E-state index contributed by atoms with van der Waals surface area (Å²) in [6.07, 6.45) is 3.40. The summed E-state index contributed by atoms with van der Waals surface area (Å²) < 4.78 is 35.6. The molecule has 1 aliphatic heterocycles. The molecule has 9 heteroatoms. The second-order valence-corrected chi connectivity index (χ2v) is 9.58. The summed E-state index contributed by atoms with van der Waals surface area (Å²) in [6.45, 7) is 11.2. The summed E-state index contributed by atoms with van der Waals surface area (Å²) in [5.74, 6) is -0.281. The van der Waals surface area contributed by atoms with Crippen LogP contribution in [0, 0.1) is 20.8 Å². The molecule has 0 aliphatic carbocycles. The normalized spacial score (nSPS) is 15.6. The molecule has 0 saturated heterocycles. The van der Waals surface area contributed by atoms with Crippen LogP contribution in [0.15, 0.2) is 9.29 Å². The number of guanidine groups is 1. The maximum atomic E-state index is 13.0. The van der Waals surface area contributed by atoms with Gasteiger partial charge in [-0.25, -0.2) is 4.79 Å². The molecule has 0 amide bonds. The first-order chi connectivity index (χ1) is 13.4. The minimum Gasteiger partial charge on any atom is -0.487 e. The topological polar surface area (TPSA) is 120 Å². The molecule has 1 aromatic rings. The monoisotopic (exact) mass is 425 g/mol. The zero-order valence-corrected chi connectivity index (χ0v) is 18.8. The number of hydrogen-bond donors (Lipinski definition) is 2. The van der Waals surface area contributed by atoms with Gasteiger partial charge in [-0.05, 0) is 57.7 Å². The Morgan fingerprint density at radius 2 is 1.86 bits per heavy atom. The Bertz CT molecular complexity index is 936. The lowest BCUT2D eigenvalue weighted by molar-refractivity contribution is -0.148. The van der Waals surface area contributed by atoms with Crippen molar-refractivity contribution < 1.29 is 22.8 Å². The van der Waals surface area contributed by atoms with E-state index in [1.807, 2.05) is 27.7 Å². The molecule has 0 saturated carbocycles. The summed E-state index contributed by atoms with van der Waals surface area (Å²) in [5.41, 5.74) is 10.2. The van der Waals surface area contributed by atoms with Crippen LogP contribution in [0.4, 0.5) is 0 Å². The number of nitrogens with zero attached hydrogens (tertiary/aromatic N) is 1. The molecule has 2 rings (SSSR count). The number of sulfonamides is 1. The lowest BCUT2D eigenvalue weighted by atomic mass is 9.94. The number of carbonyl (C=O) groups excluding carboxylic acids is 1. The van der Waals surface area contributed by atoms with Crippen molar-refractivity contribution in [1.82, 2.24) is 5.48 Å². The van der Waals surface area contributed by atoms with E-state index in [1.54, 1.807) is 13.8 Å². The van der Waals surface area contributed by atoms with Gasteiger partial charge in [-0.2, -0.15) is 13.9 Å². The zero-order chi connectivity index (χ0) is 22.0. The van der Waals surface area contributed by atoms with E-state index in [9.17, 15) is 13.2 Å². The van der Waals surface area contributed by atoms with Gasteiger partial charge in [0.25, 0.3) is 10.0 Å². The van der Waals surface area contributed by atoms with E-state index in [4.69, 9.17) is 15.3 Å². The molecule has 0 aromatic heterocycles. The standard InChI is InChI=1S/C20H31N3O5S/c1-7-8-9-10-16(24)28-22-19(21)23-29(25,26)18-13(3)12(2)17-15(14(18)4)11-20(5,6)27-17/h7-11H2,1-6H3,(H3,21,22,23). The van der Waals surface area contributed by atoms with Crippen molar-refractivity contribution in [3.8, 4) is 5.75 Å². The molecule has 0 unspecified atom stereocenters. The van der Waals surface area contributed by atoms with Crippen LogP contribution in [0.1, 0.15) is 68.7 Å². The van der Waals surface area contributed by atoms with Gasteiger partial charge in [0.15, 0.2) is 0 Å². The number of hydroxylamine groups is 1. The van der Waals surface area contributed by atoms with E-state index < -0.39 is 27.6 Å². The van der Waals surface area contributed by atoms with Crippen molar-refractivity contribution in [2.75, 3.05) is 0 Å². The number of rotatable bonds is 6. The first-order valence-electron chi connectivity index (χ1n) is 9.77. The molecule has 162 valence electrons. The molecular formula is C20H31N3O5S. The van der Waals surface area contributed by atoms with Crippen molar-refractivity contribution in [1.29, 1.82) is 0 Å². The highest BCUT2D eigenvalue weighted by Crippen LogP contribution is 2.44. The van der Waals surface area contributed by atoms with Crippen LogP contribution in [0.5, 0.6) is 5.75 Å². The van der Waals surface area contributed by atoms with Gasteiger partial charge < -0.3 is 15.3 Å². The minimum absolute atomic E-state index is 0.106. The van der Waals surface area contributed by atoms with Gasteiger partial charge in [-0.15, -0.1) is 4.40 Å². The van der Waals surface area contributed by atoms with Crippen LogP contribution in [-0.4, -0.2) is 25.9 Å². The van der Waals surface area contributed by atoms with Crippen LogP contribution in [-0.2, 0) is 26.1 Å². The third-order valence-electron chi connectivity index (χ3n) is 5.02. The third kappa shape index (κ3) is 5.20. The molecule has 0 atom stereocenters. The van der Waals surface area contributed by atoms with E-state index in [0.717, 1.165) is 29.7 Å². The number of hydrogen-bond acceptors (Lipinski definition) is 5. The fraction of sp³-hybridized carbons (Fsp3) is 0.600. The van der Waals surface area contributed by atoms with Gasteiger partial charge >= 0.3 is 5.97 Å². The molecule has 29 heavy (non-hydrogen) atoms. The average Bonchev–Trinajstić information content (AvgIpc) is 2.94. The van der Waals surface area contributed by atoms with Gasteiger partial charge in [0.2, 0.25) is 5.96 Å². The summed E-state index contributed by atoms with van der Waals surface area (Å²) in [4.78, 5) is 16.5. The Hall–Kier alpha value is -2.29. The second kappa shape index (κ2) is 8.61. The summed E-state index contributed by atoms with van der Waals surface area (Å²) >= 11 is 0. The Morgan fingerprint density at radius 1 is 1.21 bits per heavy atom. The summed E-state index contributed by atoms with van der Waals surface area (Å²) in [5, 5.41) is 0. The number of ether oxygens (including phenoxy) is 1. The molecule has 1 aliphatic rings. The van der Waals surface area contributed by atoms with Gasteiger partial charge in [0, 0.05) is 18.4 Å². The largest absolute Gasteiger partial charge is 0.487 e. The predicted octanol–water partition coefficient (Wildman–Crippen LogP) is 2.96. The van der Waals surface area contributed by atoms with Gasteiger partial charge in [0.05, 0.1) is 4.90 Å². The van der Waals surface area contributed by atoms with Gasteiger partial charge in [-0.3, -0.25) is 0 Å². The first kappa shape index (κ1) is 23.0. The molecule has 3 N–H and O–H groups in total. The van der Waals surface area contributed by atoms with E-state index in [0.29, 0.717) is 24.0 Å². The van der Waals surface area contributed by atoms with Crippen molar-refractivity contribution in [2.45, 2.75) is 84.1 Å². The third-order valence-corrected chi connectivity index (χ3v) is 6.59. The molecule has 0 bridgehead atoms. The van der Waals surface area contributed by atoms with Crippen molar-refractivity contribution in [3.63, 3.8) is 0 Å². The highest BCUT2D eigenvalue weighted by atomic mass is 32.2. The molecule has 8 nitrogen and oxygen atoms in total. The van der Waals surface area contributed by atoms with Crippen LogP contribution in [0.25, 0.3) is 0 Å². The molecule has 0 radical (unpaired) electrons. The number of unbranched alkanes of at least 4 members (excludes halogenated alkanes) is 2. The molecule has 1 aromatic carbocycles. The van der Waals surface area contributed by atoms with Gasteiger partial charge in [-0.1, -0.05) is 19.8 Å². The second-order valence-electron chi connectivity index (χ2n) is 8.04. The van der Waals surface area contributed by atoms with Crippen LogP contribution >= 0.6 is 0 Å². The molecular weight excluding hydrogens is 394 g/mol. The van der Waals surface area contributed by atoms with E-state index in [-0.39, 0.29) is 11.3 Å². The summed E-state index contributed by atoms with van der Waals surface area (Å²) in [6, 6.07) is 0. The number of nitrogens with two attached hydrogens (primary N) is 1. The van der Waals surface area contributed by atoms with Crippen LogP contribution in [0.3, 0.4) is 0 Å². The SMILES string of the molecule is CCCCCC(=O)ON/C(N)=N\S(=O)(=O)c1c(C)c(C)c2c(c1C)CC(C)(C)O2. The smallest absolute Gasteiger partial charge is 0.332 e. The van der Waals surface area contributed by atoms with Crippen LogP contribution in [0.2, 0.25) is 0 Å². The first-order valence-corrected chi connectivity index (χ1v) is 11.2. The summed E-state index contributed by atoms with van der Waals surface area (Å²) in [7, 11) is -4.12. The lowest BCUT2D eigenvalue weighted by Gasteiger charge is -2.18. The fourth-order valence-corrected chi connectivity index (χ4v) is 4.94. The number of benzene rings is 1. The lowest BCUT2D eigenvalue weighted by Crippen LogP contribution is -2.34. The Morgan fingerprint density at radius 3 is 2.48 bits per heavy atom. The molecule has 1 heterocycles. The quantitative estimate of drug-likeness (QED) is 0.311. The van der Waals surface area contributed by atoms with Crippen molar-refractivity contribution >= 4 is 22.0 Å². The number of fused-ring (bicyclic) bond motifs is 1. The average molecular weight is 426 g/mol. The Balaban J connectivity index is 2.27. The predicted molar refractivity (Wildman–Crippen MR) is 111 cm³/mol. The van der Waals surface area contributed by atoms with Crippen LogP contribution < -0.4 is 16.0 Å². The molecule has 0 spiro atoms. The van der Waals surface area contributed by atoms with Crippen molar-refractivity contribution in [2.24, 2.45) is 10.1 Å². The fourth-order valence-electron chi connectivity index (χ4n) is 3.50. The Kier molecular flexibility index (Phi) is 6.82. The highest BCUT2D eigenvalue weighted by Gasteiger charge is 2.36. The molecule has 0 fully saturated rings. The number of carbonyl (C=O) groups is 1. The minimum atomic E-state index is -4.12. The maximum Gasteiger partial charge on any atom is 0.332 e. The number of nitrogens with one attached hydrogen (secondary N) is 1. The van der Waals surface area contributed by atoms with E-state index in [2.05, 4.69) is 9.88 Å². The van der Waals surface area contributed by atoms with Crippen molar-refractivity contribution in [3.05, 3.63) is 22.3 Å². The van der Waals surface area contributed by atoms with E-state index >= 15 is 0 Å². The highest BCUT2D eigenvalue weighted by molar-refractivity contribution is 7.90. The zero-order valence-electron chi connectivity index (χ0n) is 18.0.